The van der Waals surface area contributed by atoms with Gasteiger partial charge in [0.2, 0.25) is 6.79 Å². The lowest BCUT2D eigenvalue weighted by molar-refractivity contribution is 0.0888. The maximum atomic E-state index is 5.70. The van der Waals surface area contributed by atoms with Crippen LogP contribution >= 0.6 is 24.0 Å². The number of hydrogen-bond acceptors (Lipinski definition) is 5. The van der Waals surface area contributed by atoms with Gasteiger partial charge in [0.1, 0.15) is 0 Å². The molecular weight excluding hydrogens is 449 g/mol. The largest absolute Gasteiger partial charge is 0.454 e. The Morgan fingerprint density at radius 3 is 2.96 bits per heavy atom. The van der Waals surface area contributed by atoms with Gasteiger partial charge >= 0.3 is 0 Å². The number of benzene rings is 1. The highest BCUT2D eigenvalue weighted by Gasteiger charge is 2.15. The molecule has 2 aliphatic heterocycles. The van der Waals surface area contributed by atoms with Crippen molar-refractivity contribution in [3.63, 3.8) is 0 Å². The molecule has 1 saturated heterocycles. The van der Waals surface area contributed by atoms with Gasteiger partial charge in [-0.25, -0.2) is 0 Å². The van der Waals surface area contributed by atoms with Crippen LogP contribution in [-0.4, -0.2) is 52.8 Å². The van der Waals surface area contributed by atoms with Gasteiger partial charge in [0.15, 0.2) is 17.5 Å². The van der Waals surface area contributed by atoms with Crippen molar-refractivity contribution in [2.24, 2.45) is 10.9 Å². The summed E-state index contributed by atoms with van der Waals surface area (Å²) in [6.45, 7) is 5.07. The van der Waals surface area contributed by atoms with Crippen LogP contribution in [0.1, 0.15) is 18.4 Å². The summed E-state index contributed by atoms with van der Waals surface area (Å²) in [5.41, 5.74) is 1.12. The minimum absolute atomic E-state index is 0. The van der Waals surface area contributed by atoms with Crippen molar-refractivity contribution >= 4 is 29.9 Å². The Labute approximate surface area is 171 Å². The van der Waals surface area contributed by atoms with Gasteiger partial charge in [0.25, 0.3) is 0 Å². The third-order valence-corrected chi connectivity index (χ3v) is 4.26. The SMILES string of the molecule is CN=C(NCCCOCC1CCOC1)NCc1ccc2c(c1)OCO2.I. The summed E-state index contributed by atoms with van der Waals surface area (Å²) in [4.78, 5) is 4.24. The minimum Gasteiger partial charge on any atom is -0.454 e. The molecule has 7 nitrogen and oxygen atoms in total. The average molecular weight is 477 g/mol. The van der Waals surface area contributed by atoms with Crippen LogP contribution in [0.15, 0.2) is 23.2 Å². The Morgan fingerprint density at radius 2 is 2.15 bits per heavy atom. The number of nitrogens with zero attached hydrogens (tertiary/aromatic N) is 1. The molecule has 0 aliphatic carbocycles. The minimum atomic E-state index is 0. The van der Waals surface area contributed by atoms with Crippen molar-refractivity contribution in [2.75, 3.05) is 46.8 Å². The topological polar surface area (TPSA) is 73.3 Å². The van der Waals surface area contributed by atoms with E-state index in [1.807, 2.05) is 18.2 Å². The van der Waals surface area contributed by atoms with E-state index in [-0.39, 0.29) is 24.0 Å². The van der Waals surface area contributed by atoms with Crippen LogP contribution in [0.2, 0.25) is 0 Å². The van der Waals surface area contributed by atoms with Crippen molar-refractivity contribution in [3.05, 3.63) is 23.8 Å². The van der Waals surface area contributed by atoms with Gasteiger partial charge in [0, 0.05) is 39.3 Å². The molecule has 0 spiro atoms. The number of halogens is 1. The van der Waals surface area contributed by atoms with E-state index in [4.69, 9.17) is 18.9 Å². The molecule has 1 aromatic carbocycles. The smallest absolute Gasteiger partial charge is 0.231 e. The molecule has 8 heteroatoms. The fourth-order valence-corrected chi connectivity index (χ4v) is 2.80. The second-order valence-corrected chi connectivity index (χ2v) is 6.20. The maximum Gasteiger partial charge on any atom is 0.231 e. The number of rotatable bonds is 8. The number of hydrogen-bond donors (Lipinski definition) is 2. The zero-order valence-corrected chi connectivity index (χ0v) is 17.5. The van der Waals surface area contributed by atoms with E-state index in [0.717, 1.165) is 68.8 Å². The number of nitrogens with one attached hydrogen (secondary N) is 2. The molecule has 1 unspecified atom stereocenters. The maximum absolute atomic E-state index is 5.70. The molecule has 1 fully saturated rings. The fraction of sp³-hybridized carbons (Fsp3) is 0.611. The van der Waals surface area contributed by atoms with E-state index in [1.165, 1.54) is 0 Å². The van der Waals surface area contributed by atoms with E-state index in [9.17, 15) is 0 Å². The van der Waals surface area contributed by atoms with Gasteiger partial charge in [-0.3, -0.25) is 4.99 Å². The first-order chi connectivity index (χ1) is 12.3. The van der Waals surface area contributed by atoms with Crippen LogP contribution in [0.5, 0.6) is 11.5 Å². The van der Waals surface area contributed by atoms with Gasteiger partial charge in [-0.2, -0.15) is 0 Å². The standard InChI is InChI=1S/C18H27N3O4.HI/c1-19-18(20-6-2-7-22-11-15-5-8-23-12-15)21-10-14-3-4-16-17(9-14)25-13-24-16;/h3-4,9,15H,2,5-8,10-13H2,1H3,(H2,19,20,21);1H. The zero-order valence-electron chi connectivity index (χ0n) is 15.2. The summed E-state index contributed by atoms with van der Waals surface area (Å²) in [5.74, 6) is 2.95. The third-order valence-electron chi connectivity index (χ3n) is 4.26. The number of ether oxygens (including phenoxy) is 4. The molecule has 0 amide bonds. The summed E-state index contributed by atoms with van der Waals surface area (Å²) >= 11 is 0. The second kappa shape index (κ2) is 11.5. The van der Waals surface area contributed by atoms with Crippen molar-refractivity contribution in [2.45, 2.75) is 19.4 Å². The van der Waals surface area contributed by atoms with Crippen molar-refractivity contribution in [1.82, 2.24) is 10.6 Å². The molecular formula is C18H28IN3O4. The van der Waals surface area contributed by atoms with Crippen LogP contribution in [0.3, 0.4) is 0 Å². The second-order valence-electron chi connectivity index (χ2n) is 6.20. The van der Waals surface area contributed by atoms with Crippen LogP contribution in [0.25, 0.3) is 0 Å². The number of guanidine groups is 1. The Balaban J connectivity index is 0.00000243. The first-order valence-corrected chi connectivity index (χ1v) is 8.83. The van der Waals surface area contributed by atoms with Crippen LogP contribution in [-0.2, 0) is 16.0 Å². The van der Waals surface area contributed by atoms with E-state index in [0.29, 0.717) is 19.3 Å². The normalized spacial score (nSPS) is 18.5. The Kier molecular flexibility index (Phi) is 9.27. The van der Waals surface area contributed by atoms with Gasteiger partial charge in [-0.15, -0.1) is 24.0 Å². The van der Waals surface area contributed by atoms with Gasteiger partial charge in [-0.1, -0.05) is 6.07 Å². The first kappa shape index (κ1) is 21.0. The zero-order chi connectivity index (χ0) is 17.3. The fourth-order valence-electron chi connectivity index (χ4n) is 2.80. The Hall–Kier alpha value is -1.26. The summed E-state index contributed by atoms with van der Waals surface area (Å²) < 4.78 is 21.8. The van der Waals surface area contributed by atoms with Crippen molar-refractivity contribution in [3.8, 4) is 11.5 Å². The predicted octanol–water partition coefficient (Wildman–Crippen LogP) is 2.14. The lowest BCUT2D eigenvalue weighted by atomic mass is 10.1. The predicted molar refractivity (Wildman–Crippen MR) is 111 cm³/mol. The molecule has 0 saturated carbocycles. The quantitative estimate of drug-likeness (QED) is 0.259. The van der Waals surface area contributed by atoms with Crippen LogP contribution < -0.4 is 20.1 Å². The van der Waals surface area contributed by atoms with Gasteiger partial charge < -0.3 is 29.6 Å². The number of aliphatic imine (C=N–C) groups is 1. The van der Waals surface area contributed by atoms with Crippen LogP contribution in [0.4, 0.5) is 0 Å². The Morgan fingerprint density at radius 1 is 1.27 bits per heavy atom. The number of fused-ring (bicyclic) bond motifs is 1. The Bertz CT molecular complexity index is 580. The average Bonchev–Trinajstić information content (AvgIpc) is 3.31. The highest BCUT2D eigenvalue weighted by atomic mass is 127. The van der Waals surface area contributed by atoms with Crippen LogP contribution in [0, 0.1) is 5.92 Å². The van der Waals surface area contributed by atoms with E-state index in [2.05, 4.69) is 15.6 Å². The van der Waals surface area contributed by atoms with Gasteiger partial charge in [-0.05, 0) is 30.5 Å². The van der Waals surface area contributed by atoms with E-state index < -0.39 is 0 Å². The summed E-state index contributed by atoms with van der Waals surface area (Å²) in [5, 5.41) is 6.60. The first-order valence-electron chi connectivity index (χ1n) is 8.83. The van der Waals surface area contributed by atoms with E-state index >= 15 is 0 Å². The highest BCUT2D eigenvalue weighted by molar-refractivity contribution is 14.0. The molecule has 3 rings (SSSR count). The third kappa shape index (κ3) is 6.48. The van der Waals surface area contributed by atoms with Gasteiger partial charge in [0.05, 0.1) is 13.2 Å². The van der Waals surface area contributed by atoms with Crippen molar-refractivity contribution in [1.29, 1.82) is 0 Å². The molecule has 1 aromatic rings. The molecule has 2 N–H and O–H groups in total. The summed E-state index contributed by atoms with van der Waals surface area (Å²) in [6, 6.07) is 5.94. The molecule has 0 radical (unpaired) electrons. The molecule has 2 aliphatic rings. The summed E-state index contributed by atoms with van der Waals surface area (Å²) in [6.07, 6.45) is 2.06. The highest BCUT2D eigenvalue weighted by Crippen LogP contribution is 2.32. The lowest BCUT2D eigenvalue weighted by Crippen LogP contribution is -2.37. The molecule has 1 atom stereocenters. The van der Waals surface area contributed by atoms with Crippen molar-refractivity contribution < 1.29 is 18.9 Å². The molecule has 2 heterocycles. The lowest BCUT2D eigenvalue weighted by Gasteiger charge is -2.13. The molecule has 146 valence electrons. The summed E-state index contributed by atoms with van der Waals surface area (Å²) in [7, 11) is 1.77. The molecule has 0 aromatic heterocycles. The molecule has 0 bridgehead atoms. The molecule has 26 heavy (non-hydrogen) atoms. The van der Waals surface area contributed by atoms with E-state index in [1.54, 1.807) is 7.05 Å². The monoisotopic (exact) mass is 477 g/mol.